The minimum atomic E-state index is -0.791. The molecular weight excluding hydrogens is 1300 g/mol. The number of rotatable bonds is 18. The van der Waals surface area contributed by atoms with Gasteiger partial charge in [-0.25, -0.2) is 0 Å². The van der Waals surface area contributed by atoms with E-state index in [4.69, 9.17) is 40.7 Å². The maximum atomic E-state index is 11.7. The molecule has 12 rings (SSSR count). The van der Waals surface area contributed by atoms with Crippen molar-refractivity contribution in [3.63, 3.8) is 0 Å². The fraction of sp³-hybridized carbons (Fsp3) is 0.211. The second kappa shape index (κ2) is 35.6. The quantitative estimate of drug-likeness (QED) is 0.0596. The zero-order valence-electron chi connectivity index (χ0n) is 54.7. The van der Waals surface area contributed by atoms with Gasteiger partial charge in [0.2, 0.25) is 0 Å². The molecule has 98 heavy (non-hydrogen) atoms. The van der Waals surface area contributed by atoms with Crippen LogP contribution in [0.25, 0.3) is 84.9 Å². The van der Waals surface area contributed by atoms with Crippen LogP contribution in [0, 0.1) is 45.3 Å². The summed E-state index contributed by atoms with van der Waals surface area (Å²) in [4.78, 5) is 66.9. The summed E-state index contributed by atoms with van der Waals surface area (Å²) < 4.78 is 14.6. The maximum Gasteiger partial charge on any atom is 1.00 e. The number of hydrogen-bond donors (Lipinski definition) is 2. The van der Waals surface area contributed by atoms with Crippen molar-refractivity contribution in [3.8, 4) is 68.8 Å². The molecule has 0 aliphatic heterocycles. The van der Waals surface area contributed by atoms with E-state index < -0.39 is 11.9 Å². The molecule has 4 aromatic carbocycles. The second-order valence-electron chi connectivity index (χ2n) is 22.6. The van der Waals surface area contributed by atoms with Gasteiger partial charge in [-0.3, -0.25) is 39.1 Å². The van der Waals surface area contributed by atoms with Gasteiger partial charge in [-0.15, -0.1) is 45.3 Å². The second-order valence-corrected chi connectivity index (χ2v) is 26.9. The Morgan fingerprint density at radius 3 is 0.796 bits per heavy atom. The maximum absolute atomic E-state index is 11.7. The van der Waals surface area contributed by atoms with E-state index >= 15 is 0 Å². The van der Waals surface area contributed by atoms with Crippen molar-refractivity contribution >= 4 is 110 Å². The number of ether oxygens (including phenoxy) is 2. The van der Waals surface area contributed by atoms with E-state index in [2.05, 4.69) is 56.3 Å². The van der Waals surface area contributed by atoms with Gasteiger partial charge in [0.15, 0.2) is 0 Å². The number of benzene rings is 4. The minimum Gasteiger partial charge on any atom is -0.870 e. The molecule has 0 saturated heterocycles. The van der Waals surface area contributed by atoms with Crippen LogP contribution in [0.4, 0.5) is 0 Å². The number of carboxylic acids is 2. The van der Waals surface area contributed by atoms with Crippen LogP contribution in [-0.4, -0.2) is 72.7 Å². The third kappa shape index (κ3) is 19.0. The summed E-state index contributed by atoms with van der Waals surface area (Å²) in [6.45, 7) is 12.4. The third-order valence-electron chi connectivity index (χ3n) is 15.5. The van der Waals surface area contributed by atoms with E-state index in [9.17, 15) is 19.2 Å². The van der Waals surface area contributed by atoms with Crippen molar-refractivity contribution in [3.05, 3.63) is 213 Å². The molecule has 17 nitrogen and oxygen atoms in total. The van der Waals surface area contributed by atoms with Crippen molar-refractivity contribution < 1.29 is 63.2 Å². The molecule has 12 aromatic rings. The molecule has 8 aromatic heterocycles. The summed E-state index contributed by atoms with van der Waals surface area (Å²) in [7, 11) is 0. The van der Waals surface area contributed by atoms with Crippen LogP contribution in [0.1, 0.15) is 133 Å². The Morgan fingerprint density at radius 1 is 0.388 bits per heavy atom. The van der Waals surface area contributed by atoms with Crippen LogP contribution in [-0.2, 0) is 28.7 Å². The molecule has 0 aliphatic carbocycles. The van der Waals surface area contributed by atoms with Crippen LogP contribution < -0.4 is 18.9 Å². The monoisotopic (exact) mass is 1370 g/mol. The van der Waals surface area contributed by atoms with Gasteiger partial charge in [0, 0.05) is 155 Å². The summed E-state index contributed by atoms with van der Waals surface area (Å²) in [5, 5.41) is 57.8. The molecule has 0 radical (unpaired) electrons. The Hall–Kier alpha value is -10.3. The summed E-state index contributed by atoms with van der Waals surface area (Å²) >= 11 is 6.59. The molecule has 3 N–H and O–H groups in total. The number of nitrogens with zero attached hydrogens (tertiary/aromatic N) is 8. The van der Waals surface area contributed by atoms with Crippen LogP contribution in [0.3, 0.4) is 0 Å². The summed E-state index contributed by atoms with van der Waals surface area (Å²) in [5.41, 5.74) is 10.7. The molecule has 0 bridgehead atoms. The first-order valence-electron chi connectivity index (χ1n) is 30.7. The van der Waals surface area contributed by atoms with E-state index in [0.717, 1.165) is 104 Å². The molecule has 22 heteroatoms. The summed E-state index contributed by atoms with van der Waals surface area (Å²) in [6, 6.07) is 46.5. The molecule has 0 amide bonds. The van der Waals surface area contributed by atoms with E-state index in [0.29, 0.717) is 48.3 Å². The largest absolute Gasteiger partial charge is 1.00 e. The van der Waals surface area contributed by atoms with Crippen LogP contribution in [0.5, 0.6) is 0 Å². The zero-order valence-corrected chi connectivity index (χ0v) is 58.0. The number of esters is 2. The molecule has 0 spiro atoms. The van der Waals surface area contributed by atoms with E-state index in [1.165, 1.54) is 0 Å². The number of aliphatic carboxylic acids is 2. The van der Waals surface area contributed by atoms with E-state index in [-0.39, 0.29) is 72.8 Å². The van der Waals surface area contributed by atoms with Gasteiger partial charge >= 0.3 is 42.7 Å². The van der Waals surface area contributed by atoms with Crippen molar-refractivity contribution in [2.75, 3.05) is 13.2 Å². The van der Waals surface area contributed by atoms with E-state index in [1.54, 1.807) is 82.0 Å². The predicted octanol–water partition coefficient (Wildman–Crippen LogP) is 15.4. The summed E-state index contributed by atoms with van der Waals surface area (Å²) in [5.74, 6) is -1.77. The molecule has 4 atom stereocenters. The van der Waals surface area contributed by atoms with Crippen LogP contribution in [0.15, 0.2) is 171 Å². The fourth-order valence-electron chi connectivity index (χ4n) is 10.5. The number of carbonyl (C=O) groups excluding carboxylic acids is 2. The zero-order chi connectivity index (χ0) is 68.4. The number of nitriles is 4. The molecular formula is C76H65LiN8O9S4. The van der Waals surface area contributed by atoms with Crippen molar-refractivity contribution in [1.29, 1.82) is 21.0 Å². The van der Waals surface area contributed by atoms with Gasteiger partial charge in [0.1, 0.15) is 0 Å². The average Bonchev–Trinajstić information content (AvgIpc) is 1.56. The number of carboxylic acid groups (broad SMARTS) is 2. The number of fused-ring (bicyclic) bond motifs is 4. The number of hydrogen-bond acceptors (Lipinski definition) is 19. The summed E-state index contributed by atoms with van der Waals surface area (Å²) in [6.07, 6.45) is 15.6. The van der Waals surface area contributed by atoms with Gasteiger partial charge < -0.3 is 25.2 Å². The number of pyridine rings is 4. The first kappa shape index (κ1) is 75.1. The Morgan fingerprint density at radius 2 is 0.602 bits per heavy atom. The molecule has 0 unspecified atom stereocenters. The smallest absolute Gasteiger partial charge is 0.870 e. The first-order valence-corrected chi connectivity index (χ1v) is 33.9. The third-order valence-corrected chi connectivity index (χ3v) is 21.2. The number of thiophene rings is 4. The molecule has 488 valence electrons. The van der Waals surface area contributed by atoms with Gasteiger partial charge in [0.05, 0.1) is 85.4 Å². The van der Waals surface area contributed by atoms with Crippen molar-refractivity contribution in [2.45, 2.75) is 90.9 Å². The van der Waals surface area contributed by atoms with Crippen LogP contribution >= 0.6 is 45.3 Å². The molecule has 8 heterocycles. The Bertz CT molecular complexity index is 4640. The SMILES string of the molecule is CCOC(=O)C[C@@H](C)c1cc2cncc(-c3ccc(C#N)cc3)c2s1.CCOC(=O)C[C@H](C)c1cc2cncc(-c3ccc(C#N)cc3)c2s1.C[C@@H](CC(=O)O)c1cc2cncc(-c3ccc(C#N)cc3)c2s1.C[C@H](CC(=O)O)c1cc2cncc(-c3ccc(C#N)cc3)c2s1.[Li+].[OH-]. The Labute approximate surface area is 595 Å². The Balaban J connectivity index is 0.000000183. The van der Waals surface area contributed by atoms with Crippen molar-refractivity contribution in [1.82, 2.24) is 19.9 Å². The standard InChI is InChI=1S/2C20H18N2O2S.2C18H14N2O2S.Li.H2O/c2*1-3-24-19(23)8-13(2)18-9-16-11-22-12-17(20(16)25-18)15-6-4-14(10-21)5-7-15;2*1-11(6-17(21)22)16-7-14-9-20-10-15(18(14)23-16)13-4-2-12(8-19)3-5-13;;/h2*4-7,9,11-13H,3,8H2,1-2H3;2*2-5,7,9-11H,6H2,1H3,(H,21,22);;1H2/q;;;;+1;/p-1/t2*13-;2*11-;;/m1010../s1. The minimum absolute atomic E-state index is 0. The number of carbonyl (C=O) groups is 4. The molecule has 0 saturated carbocycles. The number of aromatic nitrogens is 4. The van der Waals surface area contributed by atoms with Crippen molar-refractivity contribution in [2.24, 2.45) is 0 Å². The normalized spacial score (nSPS) is 11.7. The predicted molar refractivity (Wildman–Crippen MR) is 382 cm³/mol. The van der Waals surface area contributed by atoms with Gasteiger partial charge in [-0.2, -0.15) is 21.0 Å². The average molecular weight is 1370 g/mol. The fourth-order valence-corrected chi connectivity index (χ4v) is 15.4. The first-order chi connectivity index (χ1) is 46.4. The van der Waals surface area contributed by atoms with Crippen LogP contribution in [0.2, 0.25) is 0 Å². The Kier molecular flexibility index (Phi) is 27.3. The van der Waals surface area contributed by atoms with Gasteiger partial charge in [0.25, 0.3) is 0 Å². The van der Waals surface area contributed by atoms with Gasteiger partial charge in [-0.05, 0) is 109 Å². The molecule has 0 fully saturated rings. The van der Waals surface area contributed by atoms with E-state index in [1.807, 2.05) is 164 Å². The topological polar surface area (TPSA) is 304 Å². The van der Waals surface area contributed by atoms with Gasteiger partial charge in [-0.1, -0.05) is 76.2 Å². The molecule has 0 aliphatic rings.